The van der Waals surface area contributed by atoms with E-state index in [0.29, 0.717) is 28.5 Å². The van der Waals surface area contributed by atoms with E-state index in [-0.39, 0.29) is 22.4 Å². The average Bonchev–Trinajstić information content (AvgIpc) is 3.34. The number of benzene rings is 1. The SMILES string of the molecule is Cc1nn(C)cc1N1C(=O)/C(=C\c2ccc(-c3ccc([N+](=O)[O-])cc3)o2)NC1=S. The van der Waals surface area contributed by atoms with Crippen LogP contribution in [0.1, 0.15) is 11.5 Å². The number of thiocarbonyl (C=S) groups is 1. The van der Waals surface area contributed by atoms with Gasteiger partial charge in [-0.05, 0) is 43.4 Å². The number of amides is 1. The summed E-state index contributed by atoms with van der Waals surface area (Å²) in [6.45, 7) is 1.80. The van der Waals surface area contributed by atoms with E-state index in [1.165, 1.54) is 17.0 Å². The maximum absolute atomic E-state index is 12.8. The van der Waals surface area contributed by atoms with Gasteiger partial charge < -0.3 is 9.73 Å². The van der Waals surface area contributed by atoms with Crippen molar-refractivity contribution in [3.05, 3.63) is 69.9 Å². The van der Waals surface area contributed by atoms with Crippen LogP contribution in [0.3, 0.4) is 0 Å². The number of anilines is 1. The topological polar surface area (TPSA) is 106 Å². The number of nitrogens with zero attached hydrogens (tertiary/aromatic N) is 4. The maximum atomic E-state index is 12.8. The summed E-state index contributed by atoms with van der Waals surface area (Å²) in [5, 5.41) is 18.2. The number of aromatic nitrogens is 2. The van der Waals surface area contributed by atoms with Crippen LogP contribution in [0.4, 0.5) is 11.4 Å². The second-order valence-corrected chi connectivity index (χ2v) is 6.79. The number of rotatable bonds is 4. The predicted octanol–water partition coefficient (Wildman–Crippen LogP) is 3.16. The van der Waals surface area contributed by atoms with Crippen molar-refractivity contribution < 1.29 is 14.1 Å². The zero-order valence-electron chi connectivity index (χ0n) is 15.4. The van der Waals surface area contributed by atoms with Crippen molar-refractivity contribution in [2.24, 2.45) is 7.05 Å². The molecule has 2 aromatic heterocycles. The molecule has 4 rings (SSSR count). The van der Waals surface area contributed by atoms with Gasteiger partial charge in [-0.3, -0.25) is 19.6 Å². The van der Waals surface area contributed by atoms with Crippen molar-refractivity contribution >= 4 is 40.7 Å². The van der Waals surface area contributed by atoms with Gasteiger partial charge in [0.05, 0.1) is 16.3 Å². The van der Waals surface area contributed by atoms with Gasteiger partial charge in [0.25, 0.3) is 11.6 Å². The molecule has 0 bridgehead atoms. The number of aryl methyl sites for hydroxylation is 2. The predicted molar refractivity (Wildman–Crippen MR) is 110 cm³/mol. The highest BCUT2D eigenvalue weighted by atomic mass is 32.1. The zero-order chi connectivity index (χ0) is 20.7. The number of carbonyl (C=O) groups is 1. The molecule has 9 nitrogen and oxygen atoms in total. The number of furan rings is 1. The van der Waals surface area contributed by atoms with Crippen molar-refractivity contribution in [2.45, 2.75) is 6.92 Å². The molecule has 0 radical (unpaired) electrons. The summed E-state index contributed by atoms with van der Waals surface area (Å²) in [6, 6.07) is 9.47. The first-order valence-corrected chi connectivity index (χ1v) is 8.96. The molecule has 3 aromatic rings. The number of carbonyl (C=O) groups excluding carboxylic acids is 1. The molecule has 1 N–H and O–H groups in total. The van der Waals surface area contributed by atoms with Crippen LogP contribution in [0.15, 0.2) is 52.7 Å². The number of nitro benzene ring substituents is 1. The quantitative estimate of drug-likeness (QED) is 0.305. The molecule has 29 heavy (non-hydrogen) atoms. The van der Waals surface area contributed by atoms with Gasteiger partial charge in [-0.25, -0.2) is 4.90 Å². The van der Waals surface area contributed by atoms with Crippen molar-refractivity contribution in [1.29, 1.82) is 0 Å². The fraction of sp³-hybridized carbons (Fsp3) is 0.105. The Labute approximate surface area is 170 Å². The van der Waals surface area contributed by atoms with E-state index in [1.54, 1.807) is 55.2 Å². The van der Waals surface area contributed by atoms with E-state index < -0.39 is 4.92 Å². The lowest BCUT2D eigenvalue weighted by Gasteiger charge is -2.11. The third-order valence-electron chi connectivity index (χ3n) is 4.38. The highest BCUT2D eigenvalue weighted by Gasteiger charge is 2.34. The van der Waals surface area contributed by atoms with Crippen molar-refractivity contribution in [2.75, 3.05) is 4.90 Å². The van der Waals surface area contributed by atoms with Crippen LogP contribution < -0.4 is 10.2 Å². The van der Waals surface area contributed by atoms with Crippen molar-refractivity contribution in [1.82, 2.24) is 15.1 Å². The van der Waals surface area contributed by atoms with Gasteiger partial charge in [-0.2, -0.15) is 5.10 Å². The number of nitrogens with one attached hydrogen (secondary N) is 1. The van der Waals surface area contributed by atoms with Crippen LogP contribution in [0, 0.1) is 17.0 Å². The standard InChI is InChI=1S/C19H15N5O4S/c1-11-16(10-22(2)21-11)23-18(25)15(20-19(23)29)9-14-7-8-17(28-14)12-3-5-13(6-4-12)24(26)27/h3-10H,1-2H3,(H,20,29)/b15-9+. The normalized spacial score (nSPS) is 15.2. The Balaban J connectivity index is 1.59. The summed E-state index contributed by atoms with van der Waals surface area (Å²) in [5.41, 5.74) is 2.27. The first kappa shape index (κ1) is 18.6. The monoisotopic (exact) mass is 409 g/mol. The molecule has 0 unspecified atom stereocenters. The molecule has 1 aliphatic rings. The number of hydrogen-bond acceptors (Lipinski definition) is 6. The molecule has 0 saturated carbocycles. The van der Waals surface area contributed by atoms with Gasteiger partial charge in [0.2, 0.25) is 0 Å². The van der Waals surface area contributed by atoms with E-state index in [9.17, 15) is 14.9 Å². The van der Waals surface area contributed by atoms with Crippen LogP contribution in [-0.2, 0) is 11.8 Å². The lowest BCUT2D eigenvalue weighted by molar-refractivity contribution is -0.384. The summed E-state index contributed by atoms with van der Waals surface area (Å²) in [7, 11) is 1.77. The lowest BCUT2D eigenvalue weighted by Crippen LogP contribution is -2.30. The summed E-state index contributed by atoms with van der Waals surface area (Å²) in [6.07, 6.45) is 3.29. The molecule has 0 spiro atoms. The van der Waals surface area contributed by atoms with Crippen LogP contribution >= 0.6 is 12.2 Å². The zero-order valence-corrected chi connectivity index (χ0v) is 16.3. The molecule has 3 heterocycles. The molecule has 0 atom stereocenters. The van der Waals surface area contributed by atoms with Gasteiger partial charge in [0.1, 0.15) is 17.2 Å². The first-order valence-electron chi connectivity index (χ1n) is 8.55. The summed E-state index contributed by atoms with van der Waals surface area (Å²) < 4.78 is 7.38. The largest absolute Gasteiger partial charge is 0.457 e. The molecule has 1 amide bonds. The number of hydrogen-bond donors (Lipinski definition) is 1. The summed E-state index contributed by atoms with van der Waals surface area (Å²) >= 11 is 5.31. The second kappa shape index (κ2) is 6.99. The van der Waals surface area contributed by atoms with E-state index in [0.717, 1.165) is 0 Å². The third kappa shape index (κ3) is 3.41. The fourth-order valence-corrected chi connectivity index (χ4v) is 3.33. The Morgan fingerprint density at radius 3 is 2.59 bits per heavy atom. The Hall–Kier alpha value is -3.79. The number of non-ortho nitro benzene ring substituents is 1. The van der Waals surface area contributed by atoms with Crippen molar-refractivity contribution in [3.63, 3.8) is 0 Å². The van der Waals surface area contributed by atoms with E-state index in [4.69, 9.17) is 16.6 Å². The Bertz CT molecular complexity index is 1180. The minimum Gasteiger partial charge on any atom is -0.457 e. The van der Waals surface area contributed by atoms with Crippen LogP contribution in [0.25, 0.3) is 17.4 Å². The third-order valence-corrected chi connectivity index (χ3v) is 4.67. The molecule has 10 heteroatoms. The molecule has 0 aliphatic carbocycles. The van der Waals surface area contributed by atoms with Gasteiger partial charge in [0, 0.05) is 37.0 Å². The molecule has 146 valence electrons. The Kier molecular flexibility index (Phi) is 4.47. The molecule has 1 saturated heterocycles. The lowest BCUT2D eigenvalue weighted by atomic mass is 10.1. The fourth-order valence-electron chi connectivity index (χ4n) is 3.04. The maximum Gasteiger partial charge on any atom is 0.281 e. The molecular weight excluding hydrogens is 394 g/mol. The highest BCUT2D eigenvalue weighted by molar-refractivity contribution is 7.80. The van der Waals surface area contributed by atoms with Crippen molar-refractivity contribution in [3.8, 4) is 11.3 Å². The Morgan fingerprint density at radius 2 is 1.97 bits per heavy atom. The van der Waals surface area contributed by atoms with E-state index >= 15 is 0 Å². The van der Waals surface area contributed by atoms with Gasteiger partial charge in [-0.15, -0.1) is 0 Å². The van der Waals surface area contributed by atoms with E-state index in [2.05, 4.69) is 10.4 Å². The smallest absolute Gasteiger partial charge is 0.281 e. The van der Waals surface area contributed by atoms with Gasteiger partial charge >= 0.3 is 0 Å². The highest BCUT2D eigenvalue weighted by Crippen LogP contribution is 2.28. The minimum atomic E-state index is -0.461. The minimum absolute atomic E-state index is 0.00250. The van der Waals surface area contributed by atoms with Gasteiger partial charge in [0.15, 0.2) is 5.11 Å². The first-order chi connectivity index (χ1) is 13.8. The molecule has 1 fully saturated rings. The molecular formula is C19H15N5O4S. The van der Waals surface area contributed by atoms with Crippen LogP contribution in [-0.4, -0.2) is 25.7 Å². The summed E-state index contributed by atoms with van der Waals surface area (Å²) in [5.74, 6) is 0.667. The molecule has 1 aliphatic heterocycles. The molecule has 1 aromatic carbocycles. The Morgan fingerprint density at radius 1 is 1.24 bits per heavy atom. The number of nitro groups is 1. The second-order valence-electron chi connectivity index (χ2n) is 6.41. The van der Waals surface area contributed by atoms with Crippen LogP contribution in [0.5, 0.6) is 0 Å². The summed E-state index contributed by atoms with van der Waals surface area (Å²) in [4.78, 5) is 24.5. The van der Waals surface area contributed by atoms with E-state index in [1.807, 2.05) is 0 Å². The average molecular weight is 409 g/mol. The van der Waals surface area contributed by atoms with Gasteiger partial charge in [-0.1, -0.05) is 0 Å². The van der Waals surface area contributed by atoms with Crippen LogP contribution in [0.2, 0.25) is 0 Å².